The van der Waals surface area contributed by atoms with E-state index in [0.717, 1.165) is 19.3 Å². The minimum absolute atomic E-state index is 0.0348. The highest BCUT2D eigenvalue weighted by molar-refractivity contribution is 5.90. The van der Waals surface area contributed by atoms with E-state index in [0.29, 0.717) is 38.2 Å². The molecular formula is C17H23N3O4. The van der Waals surface area contributed by atoms with E-state index >= 15 is 0 Å². The van der Waals surface area contributed by atoms with Crippen molar-refractivity contribution in [3.63, 3.8) is 0 Å². The van der Waals surface area contributed by atoms with Gasteiger partial charge in [0.2, 0.25) is 17.7 Å². The second-order valence-corrected chi connectivity index (χ2v) is 6.31. The van der Waals surface area contributed by atoms with Gasteiger partial charge in [0.25, 0.3) is 0 Å². The van der Waals surface area contributed by atoms with E-state index in [1.807, 2.05) is 0 Å². The third-order valence-corrected chi connectivity index (χ3v) is 4.64. The third kappa shape index (κ3) is 3.77. The van der Waals surface area contributed by atoms with Gasteiger partial charge in [0.1, 0.15) is 11.8 Å². The molecule has 1 unspecified atom stereocenters. The standard InChI is InChI=1S/C17H23N3O4/c21-15-7-1-2-8-19(15)12-16(22)20-9-3-6-14(20)17(23)18-11-13-5-4-10-24-13/h4-5,10,14H,1-3,6-9,11-12H2,(H,18,23). The number of carbonyl (C=O) groups is 3. The Hall–Kier alpha value is -2.31. The molecule has 0 aliphatic carbocycles. The maximum Gasteiger partial charge on any atom is 0.243 e. The lowest BCUT2D eigenvalue weighted by Gasteiger charge is -2.30. The number of nitrogens with zero attached hydrogens (tertiary/aromatic N) is 2. The van der Waals surface area contributed by atoms with Crippen LogP contribution in [0.5, 0.6) is 0 Å². The summed E-state index contributed by atoms with van der Waals surface area (Å²) in [6, 6.07) is 3.11. The Morgan fingerprint density at radius 1 is 1.25 bits per heavy atom. The van der Waals surface area contributed by atoms with Crippen LogP contribution < -0.4 is 5.32 Å². The molecule has 0 bridgehead atoms. The molecule has 7 nitrogen and oxygen atoms in total. The highest BCUT2D eigenvalue weighted by Crippen LogP contribution is 2.19. The molecule has 130 valence electrons. The second-order valence-electron chi connectivity index (χ2n) is 6.31. The van der Waals surface area contributed by atoms with E-state index in [1.165, 1.54) is 0 Å². The van der Waals surface area contributed by atoms with Gasteiger partial charge in [-0.3, -0.25) is 14.4 Å². The normalized spacial score (nSPS) is 21.2. The number of rotatable bonds is 5. The van der Waals surface area contributed by atoms with Crippen LogP contribution in [0.25, 0.3) is 0 Å². The lowest BCUT2D eigenvalue weighted by atomic mass is 10.1. The fourth-order valence-electron chi connectivity index (χ4n) is 3.33. The van der Waals surface area contributed by atoms with E-state index in [1.54, 1.807) is 28.2 Å². The van der Waals surface area contributed by atoms with Gasteiger partial charge in [-0.25, -0.2) is 0 Å². The zero-order valence-corrected chi connectivity index (χ0v) is 13.7. The molecule has 2 fully saturated rings. The predicted molar refractivity (Wildman–Crippen MR) is 85.7 cm³/mol. The van der Waals surface area contributed by atoms with Gasteiger partial charge < -0.3 is 19.5 Å². The zero-order valence-electron chi connectivity index (χ0n) is 13.7. The summed E-state index contributed by atoms with van der Waals surface area (Å²) in [5, 5.41) is 2.82. The van der Waals surface area contributed by atoms with Crippen LogP contribution in [0, 0.1) is 0 Å². The SMILES string of the molecule is O=C(NCc1ccco1)C1CCCN1C(=O)CN1CCCCC1=O. The van der Waals surface area contributed by atoms with Crippen LogP contribution in [0.1, 0.15) is 37.9 Å². The lowest BCUT2D eigenvalue weighted by Crippen LogP contribution is -2.50. The van der Waals surface area contributed by atoms with E-state index in [4.69, 9.17) is 4.42 Å². The summed E-state index contributed by atoms with van der Waals surface area (Å²) in [6.45, 7) is 1.60. The van der Waals surface area contributed by atoms with Crippen LogP contribution in [0.3, 0.4) is 0 Å². The molecule has 7 heteroatoms. The van der Waals surface area contributed by atoms with Gasteiger partial charge in [-0.05, 0) is 37.8 Å². The quantitative estimate of drug-likeness (QED) is 0.868. The van der Waals surface area contributed by atoms with E-state index in [-0.39, 0.29) is 24.3 Å². The Morgan fingerprint density at radius 3 is 2.88 bits per heavy atom. The van der Waals surface area contributed by atoms with Gasteiger partial charge in [0, 0.05) is 19.5 Å². The molecular weight excluding hydrogens is 310 g/mol. The van der Waals surface area contributed by atoms with E-state index < -0.39 is 6.04 Å². The molecule has 1 N–H and O–H groups in total. The van der Waals surface area contributed by atoms with Gasteiger partial charge >= 0.3 is 0 Å². The summed E-state index contributed by atoms with van der Waals surface area (Å²) in [7, 11) is 0. The van der Waals surface area contributed by atoms with Crippen LogP contribution in [0.4, 0.5) is 0 Å². The summed E-state index contributed by atoms with van der Waals surface area (Å²) in [5.74, 6) is 0.411. The van der Waals surface area contributed by atoms with Crippen molar-refractivity contribution in [1.82, 2.24) is 15.1 Å². The molecule has 0 aromatic carbocycles. The number of amides is 3. The van der Waals surface area contributed by atoms with Gasteiger partial charge in [-0.2, -0.15) is 0 Å². The zero-order chi connectivity index (χ0) is 16.9. The summed E-state index contributed by atoms with van der Waals surface area (Å²) in [5.41, 5.74) is 0. The topological polar surface area (TPSA) is 82.9 Å². The summed E-state index contributed by atoms with van der Waals surface area (Å²) < 4.78 is 5.19. The maximum absolute atomic E-state index is 12.5. The Bertz CT molecular complexity index is 599. The Balaban J connectivity index is 1.54. The van der Waals surface area contributed by atoms with Crippen LogP contribution in [0.2, 0.25) is 0 Å². The molecule has 0 spiro atoms. The van der Waals surface area contributed by atoms with Crippen molar-refractivity contribution in [2.75, 3.05) is 19.6 Å². The molecule has 2 saturated heterocycles. The minimum atomic E-state index is -0.452. The molecule has 2 aliphatic rings. The van der Waals surface area contributed by atoms with Crippen LogP contribution in [-0.4, -0.2) is 53.2 Å². The van der Waals surface area contributed by atoms with Crippen molar-refractivity contribution in [2.45, 2.75) is 44.7 Å². The molecule has 0 radical (unpaired) electrons. The Morgan fingerprint density at radius 2 is 2.12 bits per heavy atom. The number of hydrogen-bond acceptors (Lipinski definition) is 4. The number of carbonyl (C=O) groups excluding carboxylic acids is 3. The molecule has 3 heterocycles. The number of piperidine rings is 1. The average molecular weight is 333 g/mol. The molecule has 1 atom stereocenters. The first-order valence-corrected chi connectivity index (χ1v) is 8.52. The summed E-state index contributed by atoms with van der Waals surface area (Å²) in [6.07, 6.45) is 5.36. The van der Waals surface area contributed by atoms with Gasteiger partial charge in [-0.15, -0.1) is 0 Å². The van der Waals surface area contributed by atoms with Gasteiger partial charge in [0.15, 0.2) is 0 Å². The molecule has 1 aromatic heterocycles. The van der Waals surface area contributed by atoms with Crippen molar-refractivity contribution < 1.29 is 18.8 Å². The third-order valence-electron chi connectivity index (χ3n) is 4.64. The van der Waals surface area contributed by atoms with E-state index in [2.05, 4.69) is 5.32 Å². The van der Waals surface area contributed by atoms with Gasteiger partial charge in [0.05, 0.1) is 19.4 Å². The predicted octanol–water partition coefficient (Wildman–Crippen LogP) is 0.899. The van der Waals surface area contributed by atoms with Crippen LogP contribution in [-0.2, 0) is 20.9 Å². The highest BCUT2D eigenvalue weighted by atomic mass is 16.3. The highest BCUT2D eigenvalue weighted by Gasteiger charge is 2.35. The van der Waals surface area contributed by atoms with Gasteiger partial charge in [-0.1, -0.05) is 0 Å². The Labute approximate surface area is 141 Å². The fraction of sp³-hybridized carbons (Fsp3) is 0.588. The average Bonchev–Trinajstić information content (AvgIpc) is 3.26. The molecule has 3 amide bonds. The summed E-state index contributed by atoms with van der Waals surface area (Å²) in [4.78, 5) is 40.0. The number of likely N-dealkylation sites (tertiary alicyclic amines) is 2. The monoisotopic (exact) mass is 333 g/mol. The van der Waals surface area contributed by atoms with Crippen molar-refractivity contribution in [3.8, 4) is 0 Å². The minimum Gasteiger partial charge on any atom is -0.467 e. The van der Waals surface area contributed by atoms with Crippen molar-refractivity contribution in [2.24, 2.45) is 0 Å². The lowest BCUT2D eigenvalue weighted by molar-refractivity contribution is -0.144. The van der Waals surface area contributed by atoms with Crippen molar-refractivity contribution >= 4 is 17.7 Å². The largest absolute Gasteiger partial charge is 0.467 e. The smallest absolute Gasteiger partial charge is 0.243 e. The first-order chi connectivity index (χ1) is 11.6. The van der Waals surface area contributed by atoms with Crippen molar-refractivity contribution in [1.29, 1.82) is 0 Å². The fourth-order valence-corrected chi connectivity index (χ4v) is 3.33. The van der Waals surface area contributed by atoms with E-state index in [9.17, 15) is 14.4 Å². The van der Waals surface area contributed by atoms with Crippen LogP contribution >= 0.6 is 0 Å². The van der Waals surface area contributed by atoms with Crippen molar-refractivity contribution in [3.05, 3.63) is 24.2 Å². The molecule has 0 saturated carbocycles. The Kier molecular flexibility index (Phi) is 5.17. The first-order valence-electron chi connectivity index (χ1n) is 8.52. The van der Waals surface area contributed by atoms with Crippen LogP contribution in [0.15, 0.2) is 22.8 Å². The number of hydrogen-bond donors (Lipinski definition) is 1. The molecule has 3 rings (SSSR count). The second kappa shape index (κ2) is 7.51. The molecule has 2 aliphatic heterocycles. The first kappa shape index (κ1) is 16.5. The summed E-state index contributed by atoms with van der Waals surface area (Å²) >= 11 is 0. The maximum atomic E-state index is 12.5. The molecule has 1 aromatic rings. The number of furan rings is 1. The molecule has 24 heavy (non-hydrogen) atoms. The number of nitrogens with one attached hydrogen (secondary N) is 1.